The van der Waals surface area contributed by atoms with Gasteiger partial charge in [-0.2, -0.15) is 0 Å². The molecule has 1 aliphatic rings. The number of rotatable bonds is 6. The van der Waals surface area contributed by atoms with Gasteiger partial charge in [0.05, 0.1) is 29.9 Å². The molecule has 3 aromatic rings. The Bertz CT molecular complexity index is 1050. The molecule has 150 valence electrons. The number of aliphatic hydroxyl groups is 1. The van der Waals surface area contributed by atoms with Gasteiger partial charge in [-0.25, -0.2) is 4.98 Å². The number of likely N-dealkylation sites (tertiary alicyclic amines) is 1. The van der Waals surface area contributed by atoms with Crippen LogP contribution in [0.4, 0.5) is 0 Å². The standard InChI is InChI=1S/C23H25N3O3/c27-21(15-26-16-24-20-9-5-4-8-19(20)23(26)29)18-12-13-25(14-18)22(28)11-10-17-6-2-1-3-7-17/h1-9,16,18,21,27H,10-15H2. The second-order valence-corrected chi connectivity index (χ2v) is 7.66. The Balaban J connectivity index is 1.35. The van der Waals surface area contributed by atoms with Crippen LogP contribution in [0.3, 0.4) is 0 Å². The van der Waals surface area contributed by atoms with E-state index in [0.29, 0.717) is 30.4 Å². The minimum Gasteiger partial charge on any atom is -0.391 e. The highest BCUT2D eigenvalue weighted by atomic mass is 16.3. The van der Waals surface area contributed by atoms with Crippen molar-refractivity contribution in [3.63, 3.8) is 0 Å². The van der Waals surface area contributed by atoms with E-state index in [-0.39, 0.29) is 23.9 Å². The van der Waals surface area contributed by atoms with Gasteiger partial charge in [-0.05, 0) is 30.5 Å². The number of carbonyl (C=O) groups is 1. The second kappa shape index (κ2) is 8.57. The molecule has 1 aromatic heterocycles. The lowest BCUT2D eigenvalue weighted by atomic mass is 10.0. The highest BCUT2D eigenvalue weighted by Crippen LogP contribution is 2.22. The summed E-state index contributed by atoms with van der Waals surface area (Å²) in [5.74, 6) is 0.0853. The monoisotopic (exact) mass is 391 g/mol. The van der Waals surface area contributed by atoms with Gasteiger partial charge in [0.15, 0.2) is 0 Å². The van der Waals surface area contributed by atoms with Crippen LogP contribution in [0.2, 0.25) is 0 Å². The number of carbonyl (C=O) groups excluding carboxylic acids is 1. The number of nitrogens with zero attached hydrogens (tertiary/aromatic N) is 3. The highest BCUT2D eigenvalue weighted by Gasteiger charge is 2.31. The van der Waals surface area contributed by atoms with E-state index in [1.807, 2.05) is 47.4 Å². The molecular weight excluding hydrogens is 366 g/mol. The van der Waals surface area contributed by atoms with Gasteiger partial charge in [-0.1, -0.05) is 42.5 Å². The molecule has 6 nitrogen and oxygen atoms in total. The highest BCUT2D eigenvalue weighted by molar-refractivity contribution is 5.77. The van der Waals surface area contributed by atoms with Crippen LogP contribution >= 0.6 is 0 Å². The summed E-state index contributed by atoms with van der Waals surface area (Å²) in [5, 5.41) is 11.2. The molecule has 0 saturated carbocycles. The van der Waals surface area contributed by atoms with Crippen molar-refractivity contribution in [1.29, 1.82) is 0 Å². The third-order valence-electron chi connectivity index (χ3n) is 5.71. The minimum absolute atomic E-state index is 0.0333. The molecule has 1 fully saturated rings. The summed E-state index contributed by atoms with van der Waals surface area (Å²) in [6.45, 7) is 1.37. The summed E-state index contributed by atoms with van der Waals surface area (Å²) in [6.07, 6.45) is 2.74. The van der Waals surface area contributed by atoms with Crippen molar-refractivity contribution in [2.45, 2.75) is 31.9 Å². The average Bonchev–Trinajstić information content (AvgIpc) is 3.25. The molecule has 2 atom stereocenters. The van der Waals surface area contributed by atoms with E-state index in [4.69, 9.17) is 0 Å². The third kappa shape index (κ3) is 4.38. The zero-order valence-electron chi connectivity index (χ0n) is 16.3. The Kier molecular flexibility index (Phi) is 5.71. The van der Waals surface area contributed by atoms with Crippen molar-refractivity contribution in [3.05, 3.63) is 76.8 Å². The summed E-state index contributed by atoms with van der Waals surface area (Å²) < 4.78 is 1.47. The van der Waals surface area contributed by atoms with Gasteiger partial charge < -0.3 is 10.0 Å². The fraction of sp³-hybridized carbons (Fsp3) is 0.348. The van der Waals surface area contributed by atoms with E-state index in [1.165, 1.54) is 10.9 Å². The van der Waals surface area contributed by atoms with Crippen molar-refractivity contribution in [1.82, 2.24) is 14.5 Å². The van der Waals surface area contributed by atoms with Crippen molar-refractivity contribution in [3.8, 4) is 0 Å². The first-order valence-corrected chi connectivity index (χ1v) is 10.1. The molecule has 0 spiro atoms. The molecule has 2 unspecified atom stereocenters. The van der Waals surface area contributed by atoms with Crippen molar-refractivity contribution < 1.29 is 9.90 Å². The van der Waals surface area contributed by atoms with Crippen LogP contribution in [0.15, 0.2) is 65.7 Å². The summed E-state index contributed by atoms with van der Waals surface area (Å²) in [5.41, 5.74) is 1.66. The Morgan fingerprint density at radius 3 is 2.72 bits per heavy atom. The Morgan fingerprint density at radius 2 is 1.90 bits per heavy atom. The quantitative estimate of drug-likeness (QED) is 0.699. The van der Waals surface area contributed by atoms with Gasteiger partial charge in [0.2, 0.25) is 5.91 Å². The average molecular weight is 391 g/mol. The SMILES string of the molecule is O=C(CCc1ccccc1)N1CCC(C(O)Cn2cnc3ccccc3c2=O)C1. The lowest BCUT2D eigenvalue weighted by Crippen LogP contribution is -2.34. The molecule has 1 aliphatic heterocycles. The van der Waals surface area contributed by atoms with Crippen LogP contribution in [0.1, 0.15) is 18.4 Å². The topological polar surface area (TPSA) is 75.4 Å². The second-order valence-electron chi connectivity index (χ2n) is 7.66. The first-order valence-electron chi connectivity index (χ1n) is 10.1. The van der Waals surface area contributed by atoms with Crippen molar-refractivity contribution in [2.24, 2.45) is 5.92 Å². The van der Waals surface area contributed by atoms with Gasteiger partial charge in [-0.3, -0.25) is 14.2 Å². The Morgan fingerprint density at radius 1 is 1.14 bits per heavy atom. The molecule has 29 heavy (non-hydrogen) atoms. The number of amides is 1. The fourth-order valence-corrected chi connectivity index (χ4v) is 3.97. The molecule has 0 bridgehead atoms. The predicted molar refractivity (Wildman–Crippen MR) is 111 cm³/mol. The number of aryl methyl sites for hydroxylation is 1. The van der Waals surface area contributed by atoms with E-state index >= 15 is 0 Å². The number of aliphatic hydroxyl groups excluding tert-OH is 1. The summed E-state index contributed by atoms with van der Waals surface area (Å²) in [4.78, 5) is 31.3. The first kappa shape index (κ1) is 19.3. The van der Waals surface area contributed by atoms with E-state index < -0.39 is 6.10 Å². The van der Waals surface area contributed by atoms with E-state index in [0.717, 1.165) is 18.4 Å². The lowest BCUT2D eigenvalue weighted by Gasteiger charge is -2.20. The predicted octanol–water partition coefficient (Wildman–Crippen LogP) is 2.24. The zero-order chi connectivity index (χ0) is 20.2. The third-order valence-corrected chi connectivity index (χ3v) is 5.71. The summed E-state index contributed by atoms with van der Waals surface area (Å²) >= 11 is 0. The number of benzene rings is 2. The Hall–Kier alpha value is -2.99. The molecule has 2 heterocycles. The van der Waals surface area contributed by atoms with Crippen LogP contribution in [0, 0.1) is 5.92 Å². The van der Waals surface area contributed by atoms with Gasteiger partial charge in [0.25, 0.3) is 5.56 Å². The van der Waals surface area contributed by atoms with Crippen LogP contribution in [0.25, 0.3) is 10.9 Å². The number of hydrogen-bond acceptors (Lipinski definition) is 4. The van der Waals surface area contributed by atoms with Crippen LogP contribution < -0.4 is 5.56 Å². The lowest BCUT2D eigenvalue weighted by molar-refractivity contribution is -0.130. The number of fused-ring (bicyclic) bond motifs is 1. The number of hydrogen-bond donors (Lipinski definition) is 1. The van der Waals surface area contributed by atoms with Gasteiger partial charge in [-0.15, -0.1) is 0 Å². The molecule has 2 aromatic carbocycles. The molecule has 4 rings (SSSR count). The van der Waals surface area contributed by atoms with Crippen molar-refractivity contribution >= 4 is 16.8 Å². The summed E-state index contributed by atoms with van der Waals surface area (Å²) in [7, 11) is 0. The maximum absolute atomic E-state index is 12.6. The smallest absolute Gasteiger partial charge is 0.261 e. The Labute approximate surface area is 169 Å². The largest absolute Gasteiger partial charge is 0.391 e. The van der Waals surface area contributed by atoms with E-state index in [1.54, 1.807) is 12.1 Å². The van der Waals surface area contributed by atoms with Crippen molar-refractivity contribution in [2.75, 3.05) is 13.1 Å². The fourth-order valence-electron chi connectivity index (χ4n) is 3.97. The van der Waals surface area contributed by atoms with Crippen LogP contribution in [-0.2, 0) is 17.8 Å². The number of aromatic nitrogens is 2. The van der Waals surface area contributed by atoms with Crippen LogP contribution in [-0.4, -0.2) is 44.7 Å². The molecule has 0 aliphatic carbocycles. The van der Waals surface area contributed by atoms with E-state index in [9.17, 15) is 14.7 Å². The normalized spacial score (nSPS) is 17.6. The molecule has 1 amide bonds. The van der Waals surface area contributed by atoms with Gasteiger partial charge in [0.1, 0.15) is 0 Å². The molecular formula is C23H25N3O3. The maximum atomic E-state index is 12.6. The van der Waals surface area contributed by atoms with Gasteiger partial charge >= 0.3 is 0 Å². The van der Waals surface area contributed by atoms with Crippen LogP contribution in [0.5, 0.6) is 0 Å². The van der Waals surface area contributed by atoms with Gasteiger partial charge in [0, 0.05) is 25.4 Å². The molecule has 1 N–H and O–H groups in total. The summed E-state index contributed by atoms with van der Waals surface area (Å²) in [6, 6.07) is 17.2. The molecule has 1 saturated heterocycles. The maximum Gasteiger partial charge on any atom is 0.261 e. The number of para-hydroxylation sites is 1. The zero-order valence-corrected chi connectivity index (χ0v) is 16.3. The molecule has 6 heteroatoms. The van der Waals surface area contributed by atoms with E-state index in [2.05, 4.69) is 4.98 Å². The molecule has 0 radical (unpaired) electrons. The first-order chi connectivity index (χ1) is 14.1. The minimum atomic E-state index is -0.692.